The first kappa shape index (κ1) is 19.7. The molecule has 30 heavy (non-hydrogen) atoms. The molecule has 3 aromatic carbocycles. The topological polar surface area (TPSA) is 63.5 Å². The van der Waals surface area contributed by atoms with Gasteiger partial charge in [0.15, 0.2) is 5.11 Å². The van der Waals surface area contributed by atoms with Crippen LogP contribution in [0.1, 0.15) is 11.1 Å². The quantitative estimate of drug-likeness (QED) is 0.331. The van der Waals surface area contributed by atoms with Gasteiger partial charge in [-0.05, 0) is 66.7 Å². The number of rotatable bonds is 5. The molecular formula is C24H20N2O3S. The van der Waals surface area contributed by atoms with Gasteiger partial charge in [-0.3, -0.25) is 0 Å². The van der Waals surface area contributed by atoms with Crippen LogP contribution in [0.25, 0.3) is 11.0 Å². The molecule has 4 aromatic rings. The average Bonchev–Trinajstić information content (AvgIpc) is 2.73. The Labute approximate surface area is 179 Å². The van der Waals surface area contributed by atoms with Gasteiger partial charge in [0, 0.05) is 28.9 Å². The summed E-state index contributed by atoms with van der Waals surface area (Å²) in [5, 5.41) is 7.57. The molecule has 2 N–H and O–H groups in total. The second-order valence-corrected chi connectivity index (χ2v) is 7.25. The Hall–Kier alpha value is -3.64. The highest BCUT2D eigenvalue weighted by molar-refractivity contribution is 7.80. The van der Waals surface area contributed by atoms with E-state index in [-0.39, 0.29) is 5.63 Å². The van der Waals surface area contributed by atoms with Crippen LogP contribution in [0.4, 0.5) is 11.4 Å². The lowest BCUT2D eigenvalue weighted by Gasteiger charge is -2.12. The molecule has 4 rings (SSSR count). The van der Waals surface area contributed by atoms with E-state index in [0.717, 1.165) is 33.6 Å². The SMILES string of the molecule is Cc1cc(=O)oc2cc(NC(=S)Nc3ccc(OCc4ccccc4)cc3)ccc12. The van der Waals surface area contributed by atoms with Gasteiger partial charge in [0.1, 0.15) is 17.9 Å². The molecule has 0 amide bonds. The zero-order valence-corrected chi connectivity index (χ0v) is 17.2. The lowest BCUT2D eigenvalue weighted by molar-refractivity contribution is 0.306. The fourth-order valence-corrected chi connectivity index (χ4v) is 3.31. The molecular weight excluding hydrogens is 396 g/mol. The second-order valence-electron chi connectivity index (χ2n) is 6.84. The molecule has 0 bridgehead atoms. The van der Waals surface area contributed by atoms with Crippen LogP contribution in [-0.4, -0.2) is 5.11 Å². The molecule has 0 aliphatic carbocycles. The smallest absolute Gasteiger partial charge is 0.336 e. The van der Waals surface area contributed by atoms with Crippen molar-refractivity contribution in [2.45, 2.75) is 13.5 Å². The standard InChI is InChI=1S/C24H20N2O3S/c1-16-13-23(27)29-22-14-19(9-12-21(16)22)26-24(30)25-18-7-10-20(11-8-18)28-15-17-5-3-2-4-6-17/h2-14H,15H2,1H3,(H2,25,26,30). The predicted octanol–water partition coefficient (Wildman–Crippen LogP) is 5.49. The first-order valence-electron chi connectivity index (χ1n) is 9.46. The third kappa shape index (κ3) is 4.85. The molecule has 0 radical (unpaired) electrons. The summed E-state index contributed by atoms with van der Waals surface area (Å²) in [7, 11) is 0. The molecule has 1 aromatic heterocycles. The Bertz CT molecular complexity index is 1240. The van der Waals surface area contributed by atoms with Crippen molar-refractivity contribution < 1.29 is 9.15 Å². The van der Waals surface area contributed by atoms with Crippen LogP contribution in [0.3, 0.4) is 0 Å². The summed E-state index contributed by atoms with van der Waals surface area (Å²) in [6.45, 7) is 2.40. The van der Waals surface area contributed by atoms with Crippen molar-refractivity contribution >= 4 is 39.7 Å². The Morgan fingerprint density at radius 1 is 0.933 bits per heavy atom. The van der Waals surface area contributed by atoms with E-state index in [0.29, 0.717) is 17.3 Å². The van der Waals surface area contributed by atoms with Gasteiger partial charge in [0.05, 0.1) is 0 Å². The number of benzene rings is 3. The second kappa shape index (κ2) is 8.80. The van der Waals surface area contributed by atoms with Crippen molar-refractivity contribution in [1.29, 1.82) is 0 Å². The summed E-state index contributed by atoms with van der Waals surface area (Å²) >= 11 is 5.39. The Morgan fingerprint density at radius 2 is 1.63 bits per heavy atom. The first-order chi connectivity index (χ1) is 14.6. The maximum absolute atomic E-state index is 11.6. The van der Waals surface area contributed by atoms with Crippen LogP contribution in [0, 0.1) is 6.92 Å². The minimum absolute atomic E-state index is 0.368. The van der Waals surface area contributed by atoms with E-state index in [1.807, 2.05) is 73.7 Å². The van der Waals surface area contributed by atoms with Gasteiger partial charge in [0.25, 0.3) is 0 Å². The summed E-state index contributed by atoms with van der Waals surface area (Å²) < 4.78 is 11.1. The number of hydrogen-bond acceptors (Lipinski definition) is 4. The zero-order valence-electron chi connectivity index (χ0n) is 16.3. The maximum atomic E-state index is 11.6. The summed E-state index contributed by atoms with van der Waals surface area (Å²) in [5.41, 5.74) is 3.72. The molecule has 0 saturated heterocycles. The largest absolute Gasteiger partial charge is 0.489 e. The minimum atomic E-state index is -0.368. The molecule has 0 fully saturated rings. The van der Waals surface area contributed by atoms with Crippen molar-refractivity contribution in [2.75, 3.05) is 10.6 Å². The van der Waals surface area contributed by atoms with Crippen molar-refractivity contribution in [3.8, 4) is 5.75 Å². The number of aryl methyl sites for hydroxylation is 1. The van der Waals surface area contributed by atoms with Gasteiger partial charge >= 0.3 is 5.63 Å². The molecule has 0 atom stereocenters. The van der Waals surface area contributed by atoms with Crippen molar-refractivity contribution in [3.05, 3.63) is 100 Å². The van der Waals surface area contributed by atoms with Crippen LogP contribution in [0.5, 0.6) is 5.75 Å². The van der Waals surface area contributed by atoms with E-state index in [1.165, 1.54) is 6.07 Å². The van der Waals surface area contributed by atoms with E-state index in [1.54, 1.807) is 6.07 Å². The molecule has 0 spiro atoms. The van der Waals surface area contributed by atoms with Crippen LogP contribution in [-0.2, 0) is 6.61 Å². The Morgan fingerprint density at radius 3 is 2.40 bits per heavy atom. The summed E-state index contributed by atoms with van der Waals surface area (Å²) in [6, 6.07) is 24.6. The van der Waals surface area contributed by atoms with Gasteiger partial charge in [-0.15, -0.1) is 0 Å². The summed E-state index contributed by atoms with van der Waals surface area (Å²) in [6.07, 6.45) is 0. The van der Waals surface area contributed by atoms with Crippen molar-refractivity contribution in [2.24, 2.45) is 0 Å². The van der Waals surface area contributed by atoms with Gasteiger partial charge in [-0.2, -0.15) is 0 Å². The van der Waals surface area contributed by atoms with E-state index in [4.69, 9.17) is 21.4 Å². The molecule has 5 nitrogen and oxygen atoms in total. The number of nitrogens with one attached hydrogen (secondary N) is 2. The zero-order chi connectivity index (χ0) is 20.9. The summed E-state index contributed by atoms with van der Waals surface area (Å²) in [5.74, 6) is 0.781. The molecule has 1 heterocycles. The predicted molar refractivity (Wildman–Crippen MR) is 124 cm³/mol. The van der Waals surface area contributed by atoms with Crippen molar-refractivity contribution in [1.82, 2.24) is 0 Å². The normalized spacial score (nSPS) is 10.6. The highest BCUT2D eigenvalue weighted by atomic mass is 32.1. The first-order valence-corrected chi connectivity index (χ1v) is 9.87. The Kier molecular flexibility index (Phi) is 5.77. The fraction of sp³-hybridized carbons (Fsp3) is 0.0833. The highest BCUT2D eigenvalue weighted by Gasteiger charge is 2.05. The van der Waals surface area contributed by atoms with Gasteiger partial charge in [-0.1, -0.05) is 30.3 Å². The number of thiocarbonyl (C=S) groups is 1. The van der Waals surface area contributed by atoms with Gasteiger partial charge in [0.2, 0.25) is 0 Å². The number of fused-ring (bicyclic) bond motifs is 1. The highest BCUT2D eigenvalue weighted by Crippen LogP contribution is 2.21. The molecule has 150 valence electrons. The number of hydrogen-bond donors (Lipinski definition) is 2. The number of ether oxygens (including phenoxy) is 1. The monoisotopic (exact) mass is 416 g/mol. The third-order valence-corrected chi connectivity index (χ3v) is 4.77. The molecule has 0 aliphatic heterocycles. The fourth-order valence-electron chi connectivity index (χ4n) is 3.07. The van der Waals surface area contributed by atoms with Crippen LogP contribution >= 0.6 is 12.2 Å². The van der Waals surface area contributed by atoms with Crippen LogP contribution < -0.4 is 21.0 Å². The van der Waals surface area contributed by atoms with E-state index < -0.39 is 0 Å². The van der Waals surface area contributed by atoms with E-state index in [9.17, 15) is 4.79 Å². The van der Waals surface area contributed by atoms with Gasteiger partial charge < -0.3 is 19.8 Å². The molecule has 6 heteroatoms. The lowest BCUT2D eigenvalue weighted by atomic mass is 10.1. The van der Waals surface area contributed by atoms with Crippen LogP contribution in [0.2, 0.25) is 0 Å². The minimum Gasteiger partial charge on any atom is -0.489 e. The average molecular weight is 417 g/mol. The van der Waals surface area contributed by atoms with Gasteiger partial charge in [-0.25, -0.2) is 4.79 Å². The summed E-state index contributed by atoms with van der Waals surface area (Å²) in [4.78, 5) is 11.6. The van der Waals surface area contributed by atoms with E-state index >= 15 is 0 Å². The third-order valence-electron chi connectivity index (χ3n) is 4.57. The van der Waals surface area contributed by atoms with E-state index in [2.05, 4.69) is 10.6 Å². The van der Waals surface area contributed by atoms with Crippen molar-refractivity contribution in [3.63, 3.8) is 0 Å². The Balaban J connectivity index is 1.37. The molecule has 0 unspecified atom stereocenters. The number of anilines is 2. The molecule has 0 aliphatic rings. The molecule has 0 saturated carbocycles. The lowest BCUT2D eigenvalue weighted by Crippen LogP contribution is -2.19. The maximum Gasteiger partial charge on any atom is 0.336 e. The van der Waals surface area contributed by atoms with Crippen LogP contribution in [0.15, 0.2) is 88.1 Å².